The molecule has 0 saturated carbocycles. The van der Waals surface area contributed by atoms with Gasteiger partial charge >= 0.3 is 17.9 Å². The summed E-state index contributed by atoms with van der Waals surface area (Å²) in [5.41, 5.74) is 0. The highest BCUT2D eigenvalue weighted by Crippen LogP contribution is 2.29. The van der Waals surface area contributed by atoms with Crippen LogP contribution in [0.2, 0.25) is 0 Å². The smallest absolute Gasteiger partial charge is 0.305 e. The first-order valence-electron chi connectivity index (χ1n) is 7.52. The molecule has 1 amide bonds. The molecule has 0 bridgehead atoms. The molecule has 1 aliphatic heterocycles. The molecular weight excluding hydrogens is 322 g/mol. The molecule has 1 saturated heterocycles. The zero-order valence-electron chi connectivity index (χ0n) is 14.4. The molecule has 0 aliphatic carbocycles. The van der Waals surface area contributed by atoms with Gasteiger partial charge < -0.3 is 24.3 Å². The fourth-order valence-electron chi connectivity index (χ4n) is 2.49. The van der Waals surface area contributed by atoms with Gasteiger partial charge in [-0.15, -0.1) is 0 Å². The monoisotopic (exact) mass is 345 g/mol. The average molecular weight is 345 g/mol. The van der Waals surface area contributed by atoms with E-state index in [1.165, 1.54) is 27.7 Å². The molecule has 1 unspecified atom stereocenters. The fourth-order valence-corrected chi connectivity index (χ4v) is 2.49. The topological polar surface area (TPSA) is 117 Å². The van der Waals surface area contributed by atoms with E-state index in [1.54, 1.807) is 6.92 Å². The van der Waals surface area contributed by atoms with Crippen LogP contribution in [0.5, 0.6) is 0 Å². The van der Waals surface area contributed by atoms with Gasteiger partial charge in [-0.05, 0) is 0 Å². The Kier molecular flexibility index (Phi) is 7.15. The Labute approximate surface area is 139 Å². The molecule has 0 aromatic carbocycles. The molecule has 0 aromatic heterocycles. The molecule has 0 radical (unpaired) electrons. The fraction of sp³-hybridized carbons (Fsp3) is 0.733. The van der Waals surface area contributed by atoms with E-state index in [0.29, 0.717) is 0 Å². The molecular formula is C15H23NO8. The summed E-state index contributed by atoms with van der Waals surface area (Å²) >= 11 is 0. The molecule has 1 N–H and O–H groups in total. The summed E-state index contributed by atoms with van der Waals surface area (Å²) in [6.07, 6.45) is -2.66. The van der Waals surface area contributed by atoms with E-state index in [2.05, 4.69) is 5.32 Å². The second-order valence-electron chi connectivity index (χ2n) is 5.61. The van der Waals surface area contributed by atoms with Crippen LogP contribution >= 0.6 is 0 Å². The van der Waals surface area contributed by atoms with E-state index in [4.69, 9.17) is 18.9 Å². The van der Waals surface area contributed by atoms with Crippen molar-refractivity contribution < 1.29 is 38.1 Å². The lowest BCUT2D eigenvalue weighted by atomic mass is 9.89. The summed E-state index contributed by atoms with van der Waals surface area (Å²) in [6.45, 7) is 6.58. The molecule has 0 aromatic rings. The van der Waals surface area contributed by atoms with Gasteiger partial charge in [-0.1, -0.05) is 6.92 Å². The number of carbonyl (C=O) groups excluding carboxylic acids is 4. The maximum Gasteiger partial charge on any atom is 0.305 e. The van der Waals surface area contributed by atoms with Crippen LogP contribution in [0.4, 0.5) is 0 Å². The average Bonchev–Trinajstić information content (AvgIpc) is 2.42. The summed E-state index contributed by atoms with van der Waals surface area (Å²) in [7, 11) is 0. The van der Waals surface area contributed by atoms with Gasteiger partial charge in [0, 0.05) is 33.6 Å². The number of hydrogen-bond donors (Lipinski definition) is 1. The third-order valence-corrected chi connectivity index (χ3v) is 3.47. The first-order valence-corrected chi connectivity index (χ1v) is 7.52. The van der Waals surface area contributed by atoms with Gasteiger partial charge in [0.05, 0.1) is 0 Å². The lowest BCUT2D eigenvalue weighted by Crippen LogP contribution is -2.63. The Balaban J connectivity index is 3.07. The lowest BCUT2D eigenvalue weighted by molar-refractivity contribution is -0.253. The van der Waals surface area contributed by atoms with E-state index in [1.807, 2.05) is 0 Å². The minimum Gasteiger partial charge on any atom is -0.463 e. The summed E-state index contributed by atoms with van der Waals surface area (Å²) in [6, 6.07) is -0.876. The lowest BCUT2D eigenvalue weighted by Gasteiger charge is -2.44. The van der Waals surface area contributed by atoms with E-state index >= 15 is 0 Å². The SMILES string of the molecule is CC(=O)N[C@H]1C(OC(C)=O)O[C@H](COC(C)=O)[C@H](C)[C@@H]1OC(C)=O. The van der Waals surface area contributed by atoms with Crippen molar-refractivity contribution in [1.82, 2.24) is 5.32 Å². The molecule has 1 heterocycles. The van der Waals surface area contributed by atoms with Gasteiger partial charge in [0.15, 0.2) is 0 Å². The van der Waals surface area contributed by atoms with E-state index in [9.17, 15) is 19.2 Å². The van der Waals surface area contributed by atoms with Crippen LogP contribution in [0.15, 0.2) is 0 Å². The Morgan fingerprint density at radius 2 is 1.54 bits per heavy atom. The highest BCUT2D eigenvalue weighted by atomic mass is 16.7. The van der Waals surface area contributed by atoms with E-state index in [-0.39, 0.29) is 6.61 Å². The predicted octanol–water partition coefficient (Wildman–Crippen LogP) is -0.0900. The van der Waals surface area contributed by atoms with Gasteiger partial charge in [-0.3, -0.25) is 19.2 Å². The van der Waals surface area contributed by atoms with Gasteiger partial charge in [-0.2, -0.15) is 0 Å². The number of nitrogens with one attached hydrogen (secondary N) is 1. The highest BCUT2D eigenvalue weighted by Gasteiger charge is 2.48. The third kappa shape index (κ3) is 5.80. The number of rotatable bonds is 5. The first-order chi connectivity index (χ1) is 11.1. The van der Waals surface area contributed by atoms with Gasteiger partial charge in [-0.25, -0.2) is 0 Å². The van der Waals surface area contributed by atoms with Gasteiger partial charge in [0.1, 0.15) is 24.9 Å². The first kappa shape index (κ1) is 19.9. The normalized spacial score (nSPS) is 29.3. The molecule has 1 fully saturated rings. The molecule has 1 rings (SSSR count). The van der Waals surface area contributed by atoms with Crippen LogP contribution in [0.25, 0.3) is 0 Å². The van der Waals surface area contributed by atoms with Crippen LogP contribution in [0, 0.1) is 5.92 Å². The van der Waals surface area contributed by atoms with Crippen LogP contribution in [0.3, 0.4) is 0 Å². The second-order valence-corrected chi connectivity index (χ2v) is 5.61. The van der Waals surface area contributed by atoms with Crippen molar-refractivity contribution in [2.45, 2.75) is 59.2 Å². The number of amides is 1. The number of esters is 3. The zero-order valence-corrected chi connectivity index (χ0v) is 14.4. The van der Waals surface area contributed by atoms with Crippen molar-refractivity contribution in [2.24, 2.45) is 5.92 Å². The van der Waals surface area contributed by atoms with Gasteiger partial charge in [0.25, 0.3) is 0 Å². The Morgan fingerprint density at radius 3 is 2.00 bits per heavy atom. The van der Waals surface area contributed by atoms with Crippen molar-refractivity contribution in [3.63, 3.8) is 0 Å². The largest absolute Gasteiger partial charge is 0.463 e. The molecule has 0 spiro atoms. The Morgan fingerprint density at radius 1 is 0.958 bits per heavy atom. The summed E-state index contributed by atoms with van der Waals surface area (Å²) in [4.78, 5) is 45.2. The maximum absolute atomic E-state index is 11.5. The molecule has 1 aliphatic rings. The van der Waals surface area contributed by atoms with Crippen molar-refractivity contribution in [3.8, 4) is 0 Å². The molecule has 9 heteroatoms. The van der Waals surface area contributed by atoms with Crippen LogP contribution in [-0.4, -0.2) is 55.0 Å². The quantitative estimate of drug-likeness (QED) is 0.543. The predicted molar refractivity (Wildman–Crippen MR) is 79.4 cm³/mol. The van der Waals surface area contributed by atoms with Crippen LogP contribution in [0.1, 0.15) is 34.6 Å². The Bertz CT molecular complexity index is 506. The summed E-state index contributed by atoms with van der Waals surface area (Å²) in [5.74, 6) is -2.50. The van der Waals surface area contributed by atoms with Crippen molar-refractivity contribution in [3.05, 3.63) is 0 Å². The number of hydrogen-bond acceptors (Lipinski definition) is 8. The van der Waals surface area contributed by atoms with Crippen molar-refractivity contribution in [2.75, 3.05) is 6.61 Å². The van der Waals surface area contributed by atoms with Gasteiger partial charge in [0.2, 0.25) is 12.2 Å². The minimum absolute atomic E-state index is 0.0984. The van der Waals surface area contributed by atoms with Crippen LogP contribution in [-0.2, 0) is 38.1 Å². The molecule has 136 valence electrons. The van der Waals surface area contributed by atoms with Crippen LogP contribution < -0.4 is 5.32 Å². The standard InChI is InChI=1S/C15H23NO8/c1-7-12(6-21-9(3)18)24-15(23-11(5)20)13(16-8(2)17)14(7)22-10(4)19/h7,12-15H,6H2,1-5H3,(H,16,17)/t7-,12+,13+,14-,15?/m0/s1. The molecule has 9 nitrogen and oxygen atoms in total. The number of ether oxygens (including phenoxy) is 4. The van der Waals surface area contributed by atoms with Crippen molar-refractivity contribution >= 4 is 23.8 Å². The van der Waals surface area contributed by atoms with Crippen molar-refractivity contribution in [1.29, 1.82) is 0 Å². The summed E-state index contributed by atoms with van der Waals surface area (Å²) < 4.78 is 21.0. The van der Waals surface area contributed by atoms with E-state index in [0.717, 1.165) is 0 Å². The summed E-state index contributed by atoms with van der Waals surface area (Å²) in [5, 5.41) is 2.58. The number of carbonyl (C=O) groups is 4. The van der Waals surface area contributed by atoms with E-state index < -0.39 is 54.3 Å². The maximum atomic E-state index is 11.5. The molecule has 24 heavy (non-hydrogen) atoms. The third-order valence-electron chi connectivity index (χ3n) is 3.47. The second kappa shape index (κ2) is 8.62. The minimum atomic E-state index is -1.17. The highest BCUT2D eigenvalue weighted by molar-refractivity contribution is 5.73. The molecule has 5 atom stereocenters. The zero-order chi connectivity index (χ0) is 18.4. The Hall–Kier alpha value is -2.16.